The molecule has 1 aromatic rings. The molecule has 0 amide bonds. The van der Waals surface area contributed by atoms with Crippen LogP contribution in [0.4, 0.5) is 0 Å². The molecule has 2 nitrogen and oxygen atoms in total. The lowest BCUT2D eigenvalue weighted by molar-refractivity contribution is 0.412. The van der Waals surface area contributed by atoms with Crippen molar-refractivity contribution in [3.05, 3.63) is 27.7 Å². The average Bonchev–Trinajstić information content (AvgIpc) is 2.06. The van der Waals surface area contributed by atoms with Crippen LogP contribution >= 0.6 is 23.2 Å². The monoisotopic (exact) mass is 233 g/mol. The van der Waals surface area contributed by atoms with Gasteiger partial charge in [-0.2, -0.15) is 0 Å². The van der Waals surface area contributed by atoms with Crippen molar-refractivity contribution in [1.82, 2.24) is 0 Å². The van der Waals surface area contributed by atoms with Crippen molar-refractivity contribution in [3.63, 3.8) is 0 Å². The number of rotatable bonds is 2. The molecular formula is C10H13Cl2NO. The zero-order chi connectivity index (χ0) is 10.9. The highest BCUT2D eigenvalue weighted by atomic mass is 35.5. The zero-order valence-corrected chi connectivity index (χ0v) is 9.91. The number of methoxy groups -OCH3 is 1. The van der Waals surface area contributed by atoms with Gasteiger partial charge in [-0.3, -0.25) is 0 Å². The van der Waals surface area contributed by atoms with E-state index >= 15 is 0 Å². The molecule has 1 rings (SSSR count). The van der Waals surface area contributed by atoms with Crippen LogP contribution in [-0.4, -0.2) is 7.11 Å². The number of hydrogen-bond donors (Lipinski definition) is 1. The fraction of sp³-hybridized carbons (Fsp3) is 0.400. The van der Waals surface area contributed by atoms with E-state index < -0.39 is 5.54 Å². The predicted octanol–water partition coefficient (Wildman–Crippen LogP) is 3.20. The van der Waals surface area contributed by atoms with Gasteiger partial charge in [-0.05, 0) is 25.5 Å². The molecule has 0 fully saturated rings. The van der Waals surface area contributed by atoms with Crippen LogP contribution < -0.4 is 10.5 Å². The minimum Gasteiger partial charge on any atom is -0.495 e. The molecule has 4 heteroatoms. The fourth-order valence-electron chi connectivity index (χ4n) is 1.18. The van der Waals surface area contributed by atoms with Gasteiger partial charge in [0.05, 0.1) is 12.1 Å². The molecule has 0 atom stereocenters. The third-order valence-corrected chi connectivity index (χ3v) is 2.53. The molecule has 0 aliphatic heterocycles. The number of benzene rings is 1. The molecular weight excluding hydrogens is 221 g/mol. The molecule has 1 aromatic carbocycles. The first kappa shape index (κ1) is 11.6. The van der Waals surface area contributed by atoms with Gasteiger partial charge < -0.3 is 10.5 Å². The summed E-state index contributed by atoms with van der Waals surface area (Å²) in [6.45, 7) is 3.73. The predicted molar refractivity (Wildman–Crippen MR) is 60.2 cm³/mol. The van der Waals surface area contributed by atoms with Gasteiger partial charge in [0.1, 0.15) is 5.75 Å². The Morgan fingerprint density at radius 2 is 1.86 bits per heavy atom. The molecule has 0 spiro atoms. The van der Waals surface area contributed by atoms with Gasteiger partial charge in [-0.15, -0.1) is 0 Å². The summed E-state index contributed by atoms with van der Waals surface area (Å²) in [7, 11) is 1.55. The van der Waals surface area contributed by atoms with Gasteiger partial charge >= 0.3 is 0 Å². The van der Waals surface area contributed by atoms with Crippen molar-refractivity contribution < 1.29 is 4.74 Å². The van der Waals surface area contributed by atoms with Crippen LogP contribution in [0.1, 0.15) is 19.4 Å². The summed E-state index contributed by atoms with van der Waals surface area (Å²) >= 11 is 12.0. The van der Waals surface area contributed by atoms with Crippen LogP contribution in [0.5, 0.6) is 5.75 Å². The van der Waals surface area contributed by atoms with E-state index in [0.29, 0.717) is 15.8 Å². The Morgan fingerprint density at radius 3 is 2.29 bits per heavy atom. The summed E-state index contributed by atoms with van der Waals surface area (Å²) in [5.74, 6) is 0.549. The summed E-state index contributed by atoms with van der Waals surface area (Å²) in [5.41, 5.74) is 6.20. The van der Waals surface area contributed by atoms with E-state index in [1.54, 1.807) is 19.2 Å². The van der Waals surface area contributed by atoms with Gasteiger partial charge in [0.2, 0.25) is 0 Å². The van der Waals surface area contributed by atoms with Crippen LogP contribution in [0.3, 0.4) is 0 Å². The second-order valence-corrected chi connectivity index (χ2v) is 4.51. The van der Waals surface area contributed by atoms with Gasteiger partial charge in [0.15, 0.2) is 0 Å². The van der Waals surface area contributed by atoms with E-state index in [-0.39, 0.29) is 0 Å². The highest BCUT2D eigenvalue weighted by Crippen LogP contribution is 2.36. The summed E-state index contributed by atoms with van der Waals surface area (Å²) in [6.07, 6.45) is 0. The van der Waals surface area contributed by atoms with Crippen molar-refractivity contribution in [2.24, 2.45) is 5.73 Å². The first-order valence-corrected chi connectivity index (χ1v) is 4.94. The van der Waals surface area contributed by atoms with Gasteiger partial charge in [0, 0.05) is 16.6 Å². The van der Waals surface area contributed by atoms with Crippen LogP contribution in [0.15, 0.2) is 12.1 Å². The number of ether oxygens (including phenoxy) is 1. The Kier molecular flexibility index (Phi) is 3.30. The number of nitrogens with two attached hydrogens (primary N) is 1. The summed E-state index contributed by atoms with van der Waals surface area (Å²) in [4.78, 5) is 0. The normalized spacial score (nSPS) is 11.6. The lowest BCUT2D eigenvalue weighted by Gasteiger charge is -2.22. The van der Waals surface area contributed by atoms with Crippen LogP contribution in [0.2, 0.25) is 10.0 Å². The maximum Gasteiger partial charge on any atom is 0.139 e. The minimum absolute atomic E-state index is 0.518. The lowest BCUT2D eigenvalue weighted by atomic mass is 9.95. The van der Waals surface area contributed by atoms with Gasteiger partial charge in [-0.1, -0.05) is 23.2 Å². The first-order valence-electron chi connectivity index (χ1n) is 4.18. The van der Waals surface area contributed by atoms with Gasteiger partial charge in [-0.25, -0.2) is 0 Å². The summed E-state index contributed by atoms with van der Waals surface area (Å²) in [5, 5.41) is 1.09. The highest BCUT2D eigenvalue weighted by Gasteiger charge is 2.21. The van der Waals surface area contributed by atoms with E-state index in [9.17, 15) is 0 Å². The van der Waals surface area contributed by atoms with E-state index in [4.69, 9.17) is 33.7 Å². The van der Waals surface area contributed by atoms with E-state index in [1.807, 2.05) is 13.8 Å². The quantitative estimate of drug-likeness (QED) is 0.852. The van der Waals surface area contributed by atoms with E-state index in [2.05, 4.69) is 0 Å². The molecule has 0 unspecified atom stereocenters. The SMILES string of the molecule is COc1cc(Cl)cc(C(C)(C)N)c1Cl. The molecule has 0 saturated carbocycles. The van der Waals surface area contributed by atoms with Gasteiger partial charge in [0.25, 0.3) is 0 Å². The third kappa shape index (κ3) is 2.32. The van der Waals surface area contributed by atoms with Crippen molar-refractivity contribution in [2.45, 2.75) is 19.4 Å². The van der Waals surface area contributed by atoms with E-state index in [0.717, 1.165) is 5.56 Å². The summed E-state index contributed by atoms with van der Waals surface area (Å²) < 4.78 is 5.09. The Balaban J connectivity index is 3.37. The first-order chi connectivity index (χ1) is 6.36. The maximum atomic E-state index is 6.10. The molecule has 0 aliphatic rings. The Morgan fingerprint density at radius 1 is 1.29 bits per heavy atom. The lowest BCUT2D eigenvalue weighted by Crippen LogP contribution is -2.29. The Bertz CT molecular complexity index is 345. The van der Waals surface area contributed by atoms with E-state index in [1.165, 1.54) is 0 Å². The van der Waals surface area contributed by atoms with Crippen molar-refractivity contribution in [3.8, 4) is 5.75 Å². The molecule has 0 heterocycles. The van der Waals surface area contributed by atoms with Crippen molar-refractivity contribution in [2.75, 3.05) is 7.11 Å². The molecule has 0 saturated heterocycles. The van der Waals surface area contributed by atoms with Crippen LogP contribution in [0.25, 0.3) is 0 Å². The molecule has 14 heavy (non-hydrogen) atoms. The fourth-order valence-corrected chi connectivity index (χ4v) is 1.82. The molecule has 78 valence electrons. The highest BCUT2D eigenvalue weighted by molar-refractivity contribution is 6.35. The Labute approximate surface area is 94.0 Å². The molecule has 2 N–H and O–H groups in total. The largest absolute Gasteiger partial charge is 0.495 e. The topological polar surface area (TPSA) is 35.2 Å². The summed E-state index contributed by atoms with van der Waals surface area (Å²) in [6, 6.07) is 3.42. The molecule has 0 radical (unpaired) electrons. The minimum atomic E-state index is -0.532. The molecule has 0 aliphatic carbocycles. The smallest absolute Gasteiger partial charge is 0.139 e. The standard InChI is InChI=1S/C10H13Cl2NO/c1-10(2,13)7-4-6(11)5-8(14-3)9(7)12/h4-5H,13H2,1-3H3. The zero-order valence-electron chi connectivity index (χ0n) is 8.40. The van der Waals surface area contributed by atoms with Crippen LogP contribution in [0, 0.1) is 0 Å². The second kappa shape index (κ2) is 3.97. The molecule has 0 aromatic heterocycles. The van der Waals surface area contributed by atoms with Crippen molar-refractivity contribution >= 4 is 23.2 Å². The van der Waals surface area contributed by atoms with Crippen LogP contribution in [-0.2, 0) is 5.54 Å². The Hall–Kier alpha value is -0.440. The number of hydrogen-bond acceptors (Lipinski definition) is 2. The third-order valence-electron chi connectivity index (χ3n) is 1.92. The second-order valence-electron chi connectivity index (χ2n) is 3.69. The maximum absolute atomic E-state index is 6.10. The average molecular weight is 234 g/mol. The number of halogens is 2. The van der Waals surface area contributed by atoms with Crippen molar-refractivity contribution in [1.29, 1.82) is 0 Å². The molecule has 0 bridgehead atoms.